The van der Waals surface area contributed by atoms with Crippen molar-refractivity contribution in [2.24, 2.45) is 5.92 Å². The number of anilines is 1. The molecule has 1 aromatic heterocycles. The molecule has 0 fully saturated rings. The van der Waals surface area contributed by atoms with Gasteiger partial charge in [0.15, 0.2) is 0 Å². The summed E-state index contributed by atoms with van der Waals surface area (Å²) in [5.74, 6) is -1.29. The van der Waals surface area contributed by atoms with Crippen molar-refractivity contribution >= 4 is 29.3 Å². The van der Waals surface area contributed by atoms with Crippen molar-refractivity contribution in [1.82, 2.24) is 30.9 Å². The van der Waals surface area contributed by atoms with Crippen molar-refractivity contribution < 1.29 is 19.2 Å². The van der Waals surface area contributed by atoms with Gasteiger partial charge in [0.05, 0.1) is 18.4 Å². The molecular formula is C25H33N7O4. The Balaban J connectivity index is 1.58. The number of para-hydroxylation sites is 1. The normalized spacial score (nSPS) is 20.2. The molecule has 3 N–H and O–H groups in total. The molecule has 2 aliphatic heterocycles. The lowest BCUT2D eigenvalue weighted by atomic mass is 9.96. The summed E-state index contributed by atoms with van der Waals surface area (Å²) in [7, 11) is 1.60. The highest BCUT2D eigenvalue weighted by atomic mass is 16.2. The van der Waals surface area contributed by atoms with Gasteiger partial charge in [-0.25, -0.2) is 0 Å². The minimum absolute atomic E-state index is 0.0922. The molecule has 0 aliphatic carbocycles. The molecule has 2 aliphatic rings. The predicted octanol–water partition coefficient (Wildman–Crippen LogP) is 0.703. The minimum Gasteiger partial charge on any atom is -0.348 e. The number of benzene rings is 1. The topological polar surface area (TPSA) is 140 Å². The molecule has 4 atom stereocenters. The number of hydrogen-bond acceptors (Lipinski definition) is 6. The Bertz CT molecular complexity index is 1150. The summed E-state index contributed by atoms with van der Waals surface area (Å²) in [6.45, 7) is 5.48. The molecule has 1 aromatic carbocycles. The van der Waals surface area contributed by atoms with Crippen LogP contribution in [0.15, 0.2) is 24.4 Å². The van der Waals surface area contributed by atoms with Crippen LogP contribution in [0.3, 0.4) is 0 Å². The smallest absolute Gasteiger partial charge is 0.250 e. The molecule has 4 amide bonds. The van der Waals surface area contributed by atoms with Gasteiger partial charge in [-0.05, 0) is 29.9 Å². The van der Waals surface area contributed by atoms with Crippen LogP contribution < -0.4 is 15.5 Å². The van der Waals surface area contributed by atoms with Crippen LogP contribution in [0.5, 0.6) is 0 Å². The van der Waals surface area contributed by atoms with Crippen molar-refractivity contribution in [3.05, 3.63) is 41.2 Å². The Kier molecular flexibility index (Phi) is 7.37. The average molecular weight is 496 g/mol. The number of nitrogens with one attached hydrogen (secondary N) is 3. The van der Waals surface area contributed by atoms with Crippen molar-refractivity contribution in [3.8, 4) is 0 Å². The average Bonchev–Trinajstić information content (AvgIpc) is 3.49. The van der Waals surface area contributed by atoms with E-state index < -0.39 is 18.1 Å². The standard InChI is InChI=1S/C25H33N7O4/c1-5-14(2)21(31(4)15(3)33)24(35)28-19-10-9-16-7-6-8-17-11-20(32(22(16)17)25(19)36)23(34)26-12-18-13-27-30-29-18/h6-8,13-14,19-21H,5,9-12H2,1-4H3,(H,26,34)(H,28,35)(H,27,29,30)/t14-,19-,20-,21-/m0/s1. The van der Waals surface area contributed by atoms with Gasteiger partial charge in [0.25, 0.3) is 0 Å². The molecule has 11 heteroatoms. The van der Waals surface area contributed by atoms with Crippen LogP contribution in [0.1, 0.15) is 50.4 Å². The predicted molar refractivity (Wildman–Crippen MR) is 132 cm³/mol. The summed E-state index contributed by atoms with van der Waals surface area (Å²) >= 11 is 0. The molecule has 3 heterocycles. The summed E-state index contributed by atoms with van der Waals surface area (Å²) in [5, 5.41) is 16.0. The van der Waals surface area contributed by atoms with Crippen molar-refractivity contribution in [2.75, 3.05) is 11.9 Å². The first kappa shape index (κ1) is 25.3. The van der Waals surface area contributed by atoms with Crippen molar-refractivity contribution in [2.45, 2.75) is 71.1 Å². The van der Waals surface area contributed by atoms with E-state index in [1.54, 1.807) is 11.9 Å². The van der Waals surface area contributed by atoms with E-state index in [9.17, 15) is 19.2 Å². The number of aromatic amines is 1. The second kappa shape index (κ2) is 10.5. The van der Waals surface area contributed by atoms with Crippen molar-refractivity contribution in [3.63, 3.8) is 0 Å². The number of amides is 4. The van der Waals surface area contributed by atoms with E-state index in [-0.39, 0.29) is 36.1 Å². The molecule has 0 spiro atoms. The molecule has 0 saturated carbocycles. The zero-order valence-corrected chi connectivity index (χ0v) is 21.1. The van der Waals surface area contributed by atoms with Gasteiger partial charge in [-0.1, -0.05) is 38.5 Å². The fraction of sp³-hybridized carbons (Fsp3) is 0.520. The van der Waals surface area contributed by atoms with Crippen LogP contribution in [-0.2, 0) is 38.6 Å². The molecule has 11 nitrogen and oxygen atoms in total. The van der Waals surface area contributed by atoms with Gasteiger partial charge >= 0.3 is 0 Å². The second-order valence-corrected chi connectivity index (χ2v) is 9.59. The summed E-state index contributed by atoms with van der Waals surface area (Å²) in [5.41, 5.74) is 3.25. The van der Waals surface area contributed by atoms with Gasteiger partial charge < -0.3 is 15.5 Å². The first-order valence-electron chi connectivity index (χ1n) is 12.3. The van der Waals surface area contributed by atoms with Gasteiger partial charge in [0.2, 0.25) is 23.6 Å². The van der Waals surface area contributed by atoms with Gasteiger partial charge in [-0.2, -0.15) is 15.4 Å². The first-order chi connectivity index (χ1) is 17.2. The van der Waals surface area contributed by atoms with E-state index in [1.807, 2.05) is 32.0 Å². The Morgan fingerprint density at radius 2 is 2.03 bits per heavy atom. The number of rotatable bonds is 8. The molecule has 0 saturated heterocycles. The maximum Gasteiger partial charge on any atom is 0.250 e. The summed E-state index contributed by atoms with van der Waals surface area (Å²) < 4.78 is 0. The number of aryl methyl sites for hydroxylation is 1. The number of aromatic nitrogens is 3. The highest BCUT2D eigenvalue weighted by Gasteiger charge is 2.44. The summed E-state index contributed by atoms with van der Waals surface area (Å²) in [6.07, 6.45) is 3.60. The third kappa shape index (κ3) is 4.82. The van der Waals surface area contributed by atoms with E-state index in [4.69, 9.17) is 0 Å². The lowest BCUT2D eigenvalue weighted by Crippen LogP contribution is -2.58. The van der Waals surface area contributed by atoms with E-state index in [2.05, 4.69) is 26.0 Å². The Morgan fingerprint density at radius 1 is 1.28 bits per heavy atom. The SMILES string of the molecule is CC[C@H](C)[C@@H](C(=O)N[C@H]1CCc2cccc3c2N(C1=O)[C@H](C(=O)NCc1cn[nH]n1)C3)N(C)C(C)=O. The lowest BCUT2D eigenvalue weighted by molar-refractivity contribution is -0.140. The molecule has 2 aromatic rings. The van der Waals surface area contributed by atoms with E-state index >= 15 is 0 Å². The number of likely N-dealkylation sites (N-methyl/N-ethyl adjacent to an activating group) is 1. The van der Waals surface area contributed by atoms with Crippen LogP contribution in [0, 0.1) is 5.92 Å². The highest BCUT2D eigenvalue weighted by Crippen LogP contribution is 2.39. The summed E-state index contributed by atoms with van der Waals surface area (Å²) in [6, 6.07) is 3.60. The van der Waals surface area contributed by atoms with E-state index in [1.165, 1.54) is 18.0 Å². The van der Waals surface area contributed by atoms with Crippen LogP contribution in [0.4, 0.5) is 5.69 Å². The van der Waals surface area contributed by atoms with Crippen LogP contribution >= 0.6 is 0 Å². The zero-order chi connectivity index (χ0) is 26.0. The molecule has 0 bridgehead atoms. The fourth-order valence-corrected chi connectivity index (χ4v) is 5.07. The fourth-order valence-electron chi connectivity index (χ4n) is 5.07. The molecule has 192 valence electrons. The molecule has 36 heavy (non-hydrogen) atoms. The maximum atomic E-state index is 13.8. The number of hydrogen-bond donors (Lipinski definition) is 3. The Morgan fingerprint density at radius 3 is 2.69 bits per heavy atom. The van der Waals surface area contributed by atoms with Gasteiger partial charge in [-0.15, -0.1) is 0 Å². The van der Waals surface area contributed by atoms with E-state index in [0.717, 1.165) is 16.8 Å². The molecule has 0 radical (unpaired) electrons. The Labute approximate surface area is 210 Å². The second-order valence-electron chi connectivity index (χ2n) is 9.59. The third-order valence-electron chi connectivity index (χ3n) is 7.30. The maximum absolute atomic E-state index is 13.8. The largest absolute Gasteiger partial charge is 0.348 e. The lowest BCUT2D eigenvalue weighted by Gasteiger charge is -2.33. The number of H-pyrrole nitrogens is 1. The van der Waals surface area contributed by atoms with E-state index in [0.29, 0.717) is 31.4 Å². The number of carbonyl (C=O) groups is 4. The zero-order valence-electron chi connectivity index (χ0n) is 21.1. The molecule has 4 rings (SSSR count). The van der Waals surface area contributed by atoms with Crippen LogP contribution in [0.2, 0.25) is 0 Å². The van der Waals surface area contributed by atoms with Gasteiger partial charge in [-0.3, -0.25) is 24.1 Å². The molecular weight excluding hydrogens is 462 g/mol. The van der Waals surface area contributed by atoms with Crippen molar-refractivity contribution in [1.29, 1.82) is 0 Å². The van der Waals surface area contributed by atoms with Crippen LogP contribution in [-0.4, -0.2) is 69.1 Å². The third-order valence-corrected chi connectivity index (χ3v) is 7.30. The summed E-state index contributed by atoms with van der Waals surface area (Å²) in [4.78, 5) is 55.5. The molecule has 0 unspecified atom stereocenters. The number of carbonyl (C=O) groups excluding carboxylic acids is 4. The van der Waals surface area contributed by atoms with Crippen LogP contribution in [0.25, 0.3) is 0 Å². The first-order valence-corrected chi connectivity index (χ1v) is 12.3. The van der Waals surface area contributed by atoms with Gasteiger partial charge in [0, 0.05) is 20.4 Å². The highest BCUT2D eigenvalue weighted by molar-refractivity contribution is 6.08. The minimum atomic E-state index is -0.811. The Hall–Kier alpha value is -3.76. The monoisotopic (exact) mass is 495 g/mol. The van der Waals surface area contributed by atoms with Gasteiger partial charge in [0.1, 0.15) is 23.8 Å². The number of nitrogens with zero attached hydrogens (tertiary/aromatic N) is 4. The quantitative estimate of drug-likeness (QED) is 0.493.